The monoisotopic (exact) mass is 305 g/mol. The Hall–Kier alpha value is -0.940. The number of nitrogens with zero attached hydrogens (tertiary/aromatic N) is 1. The molecule has 0 fully saturated rings. The first kappa shape index (κ1) is 13.1. The zero-order valence-corrected chi connectivity index (χ0v) is 10.6. The Morgan fingerprint density at radius 3 is 2.50 bits per heavy atom. The fourth-order valence-corrected chi connectivity index (χ4v) is 1.66. The first-order valence-electron chi connectivity index (χ1n) is 4.47. The minimum atomic E-state index is -0.488. The van der Waals surface area contributed by atoms with E-state index in [4.69, 9.17) is 11.6 Å². The standard InChI is InChI=1S/C10H9BrClNO3/c11-5-10(14)4-7-1-8(6-12)3-9(2-7)13(15)16/h1-3H,4-6H2. The fourth-order valence-electron chi connectivity index (χ4n) is 1.30. The molecule has 0 aliphatic heterocycles. The van der Waals surface area contributed by atoms with Crippen molar-refractivity contribution < 1.29 is 9.72 Å². The summed E-state index contributed by atoms with van der Waals surface area (Å²) >= 11 is 8.68. The number of carbonyl (C=O) groups excluding carboxylic acids is 1. The van der Waals surface area contributed by atoms with Crippen molar-refractivity contribution in [1.29, 1.82) is 0 Å². The lowest BCUT2D eigenvalue weighted by atomic mass is 10.1. The number of ketones is 1. The summed E-state index contributed by atoms with van der Waals surface area (Å²) in [6.45, 7) is 0. The molecule has 0 saturated heterocycles. The normalized spacial score (nSPS) is 10.1. The maximum atomic E-state index is 11.2. The lowest BCUT2D eigenvalue weighted by Crippen LogP contribution is -2.04. The Morgan fingerprint density at radius 1 is 1.38 bits per heavy atom. The number of nitro benzene ring substituents is 1. The number of hydrogen-bond donors (Lipinski definition) is 0. The number of alkyl halides is 2. The number of halogens is 2. The van der Waals surface area contributed by atoms with Crippen LogP contribution in [-0.2, 0) is 17.1 Å². The average molecular weight is 307 g/mol. The summed E-state index contributed by atoms with van der Waals surface area (Å²) in [5.41, 5.74) is 1.23. The molecule has 6 heteroatoms. The molecule has 0 amide bonds. The van der Waals surface area contributed by atoms with Crippen LogP contribution in [0.15, 0.2) is 18.2 Å². The molecule has 86 valence electrons. The van der Waals surface area contributed by atoms with Crippen LogP contribution in [0.5, 0.6) is 0 Å². The van der Waals surface area contributed by atoms with Crippen molar-refractivity contribution in [3.05, 3.63) is 39.4 Å². The Bertz CT molecular complexity index is 423. The minimum absolute atomic E-state index is 0.0268. The van der Waals surface area contributed by atoms with Gasteiger partial charge in [0.25, 0.3) is 5.69 Å². The molecule has 16 heavy (non-hydrogen) atoms. The van der Waals surface area contributed by atoms with E-state index in [2.05, 4.69) is 15.9 Å². The van der Waals surface area contributed by atoms with Gasteiger partial charge in [-0.05, 0) is 11.1 Å². The molecule has 0 saturated carbocycles. The number of rotatable bonds is 5. The Labute approximate surface area is 106 Å². The molecule has 1 rings (SSSR count). The van der Waals surface area contributed by atoms with Crippen LogP contribution >= 0.6 is 27.5 Å². The summed E-state index contributed by atoms with van der Waals surface area (Å²) in [4.78, 5) is 21.4. The van der Waals surface area contributed by atoms with Crippen molar-refractivity contribution in [1.82, 2.24) is 0 Å². The number of benzene rings is 1. The largest absolute Gasteiger partial charge is 0.298 e. The maximum Gasteiger partial charge on any atom is 0.270 e. The third kappa shape index (κ3) is 3.57. The minimum Gasteiger partial charge on any atom is -0.298 e. The summed E-state index contributed by atoms with van der Waals surface area (Å²) in [5, 5.41) is 10.9. The van der Waals surface area contributed by atoms with Crippen molar-refractivity contribution in [2.45, 2.75) is 12.3 Å². The van der Waals surface area contributed by atoms with Gasteiger partial charge < -0.3 is 0 Å². The van der Waals surface area contributed by atoms with E-state index in [1.165, 1.54) is 12.1 Å². The predicted molar refractivity (Wildman–Crippen MR) is 65.2 cm³/mol. The maximum absolute atomic E-state index is 11.2. The highest BCUT2D eigenvalue weighted by atomic mass is 79.9. The number of nitro groups is 1. The molecular weight excluding hydrogens is 297 g/mol. The van der Waals surface area contributed by atoms with Gasteiger partial charge in [-0.1, -0.05) is 22.0 Å². The summed E-state index contributed by atoms with van der Waals surface area (Å²) < 4.78 is 0. The molecule has 0 aromatic heterocycles. The number of carbonyl (C=O) groups is 1. The number of hydrogen-bond acceptors (Lipinski definition) is 3. The lowest BCUT2D eigenvalue weighted by Gasteiger charge is -2.02. The van der Waals surface area contributed by atoms with Gasteiger partial charge in [-0.15, -0.1) is 11.6 Å². The van der Waals surface area contributed by atoms with Gasteiger partial charge >= 0.3 is 0 Å². The predicted octanol–water partition coefficient (Wildman–Crippen LogP) is 2.84. The van der Waals surface area contributed by atoms with Gasteiger partial charge in [-0.2, -0.15) is 0 Å². The van der Waals surface area contributed by atoms with Gasteiger partial charge in [0, 0.05) is 24.4 Å². The molecular formula is C10H9BrClNO3. The zero-order chi connectivity index (χ0) is 12.1. The van der Waals surface area contributed by atoms with Gasteiger partial charge in [0.05, 0.1) is 10.3 Å². The summed E-state index contributed by atoms with van der Waals surface area (Å²) in [6.07, 6.45) is 0.177. The molecule has 0 heterocycles. The van der Waals surface area contributed by atoms with Crippen molar-refractivity contribution in [3.63, 3.8) is 0 Å². The third-order valence-corrected chi connectivity index (χ3v) is 2.89. The topological polar surface area (TPSA) is 60.2 Å². The Balaban J connectivity index is 3.04. The van der Waals surface area contributed by atoms with Crippen molar-refractivity contribution >= 4 is 39.0 Å². The molecule has 0 atom stereocenters. The van der Waals surface area contributed by atoms with Crippen LogP contribution in [0.2, 0.25) is 0 Å². The van der Waals surface area contributed by atoms with Crippen LogP contribution in [0.1, 0.15) is 11.1 Å². The molecule has 0 unspecified atom stereocenters. The summed E-state index contributed by atoms with van der Waals surface area (Å²) in [6, 6.07) is 4.52. The van der Waals surface area contributed by atoms with Gasteiger partial charge in [0.2, 0.25) is 0 Å². The second kappa shape index (κ2) is 5.96. The van der Waals surface area contributed by atoms with E-state index in [-0.39, 0.29) is 29.1 Å². The van der Waals surface area contributed by atoms with Gasteiger partial charge in [0.15, 0.2) is 0 Å². The van der Waals surface area contributed by atoms with Gasteiger partial charge in [0.1, 0.15) is 5.78 Å². The molecule has 4 nitrogen and oxygen atoms in total. The highest BCUT2D eigenvalue weighted by Gasteiger charge is 2.11. The van der Waals surface area contributed by atoms with Crippen molar-refractivity contribution in [3.8, 4) is 0 Å². The highest BCUT2D eigenvalue weighted by Crippen LogP contribution is 2.19. The van der Waals surface area contributed by atoms with E-state index in [9.17, 15) is 14.9 Å². The van der Waals surface area contributed by atoms with Crippen LogP contribution < -0.4 is 0 Å². The quantitative estimate of drug-likeness (QED) is 0.477. The van der Waals surface area contributed by atoms with Crippen LogP contribution in [-0.4, -0.2) is 16.0 Å². The Morgan fingerprint density at radius 2 is 2.00 bits per heavy atom. The van der Waals surface area contributed by atoms with Crippen molar-refractivity contribution in [2.75, 3.05) is 5.33 Å². The first-order valence-corrected chi connectivity index (χ1v) is 6.13. The van der Waals surface area contributed by atoms with E-state index >= 15 is 0 Å². The number of non-ortho nitro benzene ring substituents is 1. The van der Waals surface area contributed by atoms with E-state index in [0.717, 1.165) is 0 Å². The molecule has 0 aliphatic carbocycles. The number of Topliss-reactive ketones (excluding diaryl/α,β-unsaturated/α-hetero) is 1. The first-order chi connectivity index (χ1) is 7.56. The molecule has 0 spiro atoms. The second-order valence-electron chi connectivity index (χ2n) is 3.25. The second-order valence-corrected chi connectivity index (χ2v) is 4.08. The van der Waals surface area contributed by atoms with Gasteiger partial charge in [-0.25, -0.2) is 0 Å². The van der Waals surface area contributed by atoms with Crippen LogP contribution in [0.25, 0.3) is 0 Å². The molecule has 1 aromatic carbocycles. The van der Waals surface area contributed by atoms with Crippen LogP contribution in [0, 0.1) is 10.1 Å². The lowest BCUT2D eigenvalue weighted by molar-refractivity contribution is -0.385. The third-order valence-electron chi connectivity index (χ3n) is 1.95. The Kier molecular flexibility index (Phi) is 4.89. The smallest absolute Gasteiger partial charge is 0.270 e. The van der Waals surface area contributed by atoms with E-state index < -0.39 is 4.92 Å². The molecule has 0 radical (unpaired) electrons. The fraction of sp³-hybridized carbons (Fsp3) is 0.300. The SMILES string of the molecule is O=C(CBr)Cc1cc(CCl)cc([N+](=O)[O-])c1. The molecule has 0 bridgehead atoms. The summed E-state index contributed by atoms with van der Waals surface area (Å²) in [7, 11) is 0. The zero-order valence-electron chi connectivity index (χ0n) is 8.28. The van der Waals surface area contributed by atoms with Crippen LogP contribution in [0.3, 0.4) is 0 Å². The highest BCUT2D eigenvalue weighted by molar-refractivity contribution is 9.09. The molecule has 0 aliphatic rings. The summed E-state index contributed by atoms with van der Waals surface area (Å²) in [5.74, 6) is 0.165. The van der Waals surface area contributed by atoms with Crippen LogP contribution in [0.4, 0.5) is 5.69 Å². The van der Waals surface area contributed by atoms with Gasteiger partial charge in [-0.3, -0.25) is 14.9 Å². The van der Waals surface area contributed by atoms with E-state index in [1.807, 2.05) is 0 Å². The molecule has 0 N–H and O–H groups in total. The van der Waals surface area contributed by atoms with E-state index in [1.54, 1.807) is 6.07 Å². The average Bonchev–Trinajstić information content (AvgIpc) is 2.28. The molecule has 1 aromatic rings. The van der Waals surface area contributed by atoms with E-state index in [0.29, 0.717) is 11.1 Å². The van der Waals surface area contributed by atoms with Crippen molar-refractivity contribution in [2.24, 2.45) is 0 Å².